The summed E-state index contributed by atoms with van der Waals surface area (Å²) in [6, 6.07) is 0. The Morgan fingerprint density at radius 1 is 1.20 bits per heavy atom. The van der Waals surface area contributed by atoms with Crippen molar-refractivity contribution in [1.29, 1.82) is 0 Å². The zero-order valence-electron chi connectivity index (χ0n) is 10.3. The molecule has 2 nitrogen and oxygen atoms in total. The molecule has 0 aromatic carbocycles. The van der Waals surface area contributed by atoms with Gasteiger partial charge in [0.1, 0.15) is 0 Å². The average molecular weight is 211 g/mol. The minimum Gasteiger partial charge on any atom is -0.356 e. The molecule has 1 saturated carbocycles. The summed E-state index contributed by atoms with van der Waals surface area (Å²) in [4.78, 5) is 12.0. The van der Waals surface area contributed by atoms with Crippen molar-refractivity contribution >= 4 is 5.91 Å². The monoisotopic (exact) mass is 211 g/mol. The largest absolute Gasteiger partial charge is 0.356 e. The molecule has 2 heteroatoms. The summed E-state index contributed by atoms with van der Waals surface area (Å²) in [6.07, 6.45) is 9.46. The van der Waals surface area contributed by atoms with E-state index >= 15 is 0 Å². The Balaban J connectivity index is 2.25. The molecule has 0 radical (unpaired) electrons. The van der Waals surface area contributed by atoms with Gasteiger partial charge in [-0.05, 0) is 19.3 Å². The van der Waals surface area contributed by atoms with Crippen LogP contribution in [0.2, 0.25) is 0 Å². The Morgan fingerprint density at radius 3 is 2.47 bits per heavy atom. The number of hydrogen-bond acceptors (Lipinski definition) is 1. The molecule has 1 rings (SSSR count). The summed E-state index contributed by atoms with van der Waals surface area (Å²) < 4.78 is 0. The van der Waals surface area contributed by atoms with Gasteiger partial charge in [-0.1, -0.05) is 46.0 Å². The standard InChI is InChI=1S/C13H25NO/c1-3-4-8-11-14-12(15)13(2)9-6-5-7-10-13/h3-11H2,1-2H3,(H,14,15). The lowest BCUT2D eigenvalue weighted by Crippen LogP contribution is -2.40. The van der Waals surface area contributed by atoms with Crippen molar-refractivity contribution in [2.45, 2.75) is 65.2 Å². The van der Waals surface area contributed by atoms with Crippen LogP contribution in [0.4, 0.5) is 0 Å². The van der Waals surface area contributed by atoms with Gasteiger partial charge in [0.2, 0.25) is 5.91 Å². The van der Waals surface area contributed by atoms with Crippen LogP contribution < -0.4 is 5.32 Å². The maximum atomic E-state index is 12.0. The molecular weight excluding hydrogens is 186 g/mol. The molecular formula is C13H25NO. The van der Waals surface area contributed by atoms with Gasteiger partial charge in [-0.25, -0.2) is 0 Å². The van der Waals surface area contributed by atoms with E-state index in [2.05, 4.69) is 19.2 Å². The Kier molecular flexibility index (Phi) is 5.13. The highest BCUT2D eigenvalue weighted by Gasteiger charge is 2.33. The summed E-state index contributed by atoms with van der Waals surface area (Å²) in [5.41, 5.74) is -0.0650. The summed E-state index contributed by atoms with van der Waals surface area (Å²) in [5, 5.41) is 3.09. The topological polar surface area (TPSA) is 29.1 Å². The first-order chi connectivity index (χ1) is 7.19. The van der Waals surface area contributed by atoms with E-state index in [1.807, 2.05) is 0 Å². The second kappa shape index (κ2) is 6.14. The molecule has 0 aromatic heterocycles. The first-order valence-corrected chi connectivity index (χ1v) is 6.47. The zero-order chi connectivity index (χ0) is 11.1. The van der Waals surface area contributed by atoms with Crippen molar-refractivity contribution in [2.75, 3.05) is 6.54 Å². The zero-order valence-corrected chi connectivity index (χ0v) is 10.3. The van der Waals surface area contributed by atoms with Crippen LogP contribution in [0.1, 0.15) is 65.2 Å². The molecule has 1 aliphatic rings. The second-order valence-electron chi connectivity index (χ2n) is 5.08. The van der Waals surface area contributed by atoms with Crippen molar-refractivity contribution in [3.05, 3.63) is 0 Å². The van der Waals surface area contributed by atoms with Crippen molar-refractivity contribution in [3.63, 3.8) is 0 Å². The van der Waals surface area contributed by atoms with E-state index in [1.165, 1.54) is 32.1 Å². The molecule has 88 valence electrons. The van der Waals surface area contributed by atoms with Gasteiger partial charge in [-0.15, -0.1) is 0 Å². The van der Waals surface area contributed by atoms with Crippen LogP contribution in [0.15, 0.2) is 0 Å². The lowest BCUT2D eigenvalue weighted by atomic mass is 9.75. The summed E-state index contributed by atoms with van der Waals surface area (Å²) in [6.45, 7) is 5.17. The number of rotatable bonds is 5. The SMILES string of the molecule is CCCCCNC(=O)C1(C)CCCCC1. The van der Waals surface area contributed by atoms with Gasteiger partial charge in [0.25, 0.3) is 0 Å². The highest BCUT2D eigenvalue weighted by atomic mass is 16.2. The Bertz CT molecular complexity index is 195. The Labute approximate surface area is 93.8 Å². The van der Waals surface area contributed by atoms with Crippen LogP contribution in [0.25, 0.3) is 0 Å². The second-order valence-corrected chi connectivity index (χ2v) is 5.08. The number of amides is 1. The van der Waals surface area contributed by atoms with Crippen molar-refractivity contribution < 1.29 is 4.79 Å². The van der Waals surface area contributed by atoms with E-state index in [4.69, 9.17) is 0 Å². The molecule has 0 saturated heterocycles. The minimum atomic E-state index is -0.0650. The summed E-state index contributed by atoms with van der Waals surface area (Å²) in [5.74, 6) is 0.290. The molecule has 1 fully saturated rings. The van der Waals surface area contributed by atoms with E-state index in [9.17, 15) is 4.79 Å². The van der Waals surface area contributed by atoms with Crippen molar-refractivity contribution in [2.24, 2.45) is 5.41 Å². The number of nitrogens with one attached hydrogen (secondary N) is 1. The van der Waals surface area contributed by atoms with Crippen molar-refractivity contribution in [1.82, 2.24) is 5.32 Å². The molecule has 1 aliphatic carbocycles. The van der Waals surface area contributed by atoms with Crippen LogP contribution in [-0.2, 0) is 4.79 Å². The molecule has 0 spiro atoms. The van der Waals surface area contributed by atoms with E-state index in [-0.39, 0.29) is 5.41 Å². The van der Waals surface area contributed by atoms with Crippen molar-refractivity contribution in [3.8, 4) is 0 Å². The first kappa shape index (κ1) is 12.5. The average Bonchev–Trinajstić information content (AvgIpc) is 2.25. The summed E-state index contributed by atoms with van der Waals surface area (Å²) >= 11 is 0. The molecule has 15 heavy (non-hydrogen) atoms. The maximum absolute atomic E-state index is 12.0. The van der Waals surface area contributed by atoms with Gasteiger partial charge in [0.15, 0.2) is 0 Å². The Hall–Kier alpha value is -0.530. The fraction of sp³-hybridized carbons (Fsp3) is 0.923. The number of carbonyl (C=O) groups excluding carboxylic acids is 1. The van der Waals surface area contributed by atoms with Crippen LogP contribution >= 0.6 is 0 Å². The van der Waals surface area contributed by atoms with Gasteiger partial charge in [-0.3, -0.25) is 4.79 Å². The van der Waals surface area contributed by atoms with E-state index in [0.717, 1.165) is 25.8 Å². The molecule has 0 aromatic rings. The van der Waals surface area contributed by atoms with Crippen LogP contribution in [0, 0.1) is 5.41 Å². The van der Waals surface area contributed by atoms with Gasteiger partial charge in [0, 0.05) is 12.0 Å². The number of carbonyl (C=O) groups is 1. The van der Waals surface area contributed by atoms with Gasteiger partial charge in [0.05, 0.1) is 0 Å². The molecule has 0 aliphatic heterocycles. The van der Waals surface area contributed by atoms with Gasteiger partial charge < -0.3 is 5.32 Å². The van der Waals surface area contributed by atoms with E-state index < -0.39 is 0 Å². The molecule has 0 bridgehead atoms. The van der Waals surface area contributed by atoms with Crippen LogP contribution in [-0.4, -0.2) is 12.5 Å². The normalized spacial score (nSPS) is 19.9. The van der Waals surface area contributed by atoms with Gasteiger partial charge >= 0.3 is 0 Å². The number of unbranched alkanes of at least 4 members (excludes halogenated alkanes) is 2. The van der Waals surface area contributed by atoms with Crippen LogP contribution in [0.5, 0.6) is 0 Å². The smallest absolute Gasteiger partial charge is 0.225 e. The highest BCUT2D eigenvalue weighted by Crippen LogP contribution is 2.35. The number of hydrogen-bond donors (Lipinski definition) is 1. The van der Waals surface area contributed by atoms with E-state index in [0.29, 0.717) is 5.91 Å². The predicted molar refractivity (Wildman–Crippen MR) is 63.7 cm³/mol. The predicted octanol–water partition coefficient (Wildman–Crippen LogP) is 3.26. The molecule has 0 atom stereocenters. The lowest BCUT2D eigenvalue weighted by Gasteiger charge is -2.32. The minimum absolute atomic E-state index is 0.0650. The third-order valence-electron chi connectivity index (χ3n) is 3.57. The third kappa shape index (κ3) is 3.84. The first-order valence-electron chi connectivity index (χ1n) is 6.47. The quantitative estimate of drug-likeness (QED) is 0.695. The molecule has 1 N–H and O–H groups in total. The van der Waals surface area contributed by atoms with Gasteiger partial charge in [-0.2, -0.15) is 0 Å². The molecule has 0 unspecified atom stereocenters. The summed E-state index contributed by atoms with van der Waals surface area (Å²) in [7, 11) is 0. The van der Waals surface area contributed by atoms with Crippen LogP contribution in [0.3, 0.4) is 0 Å². The fourth-order valence-electron chi connectivity index (χ4n) is 2.35. The highest BCUT2D eigenvalue weighted by molar-refractivity contribution is 5.82. The lowest BCUT2D eigenvalue weighted by molar-refractivity contribution is -0.131. The molecule has 0 heterocycles. The Morgan fingerprint density at radius 2 is 1.87 bits per heavy atom. The third-order valence-corrected chi connectivity index (χ3v) is 3.57. The maximum Gasteiger partial charge on any atom is 0.225 e. The molecule has 1 amide bonds. The van der Waals surface area contributed by atoms with E-state index in [1.54, 1.807) is 0 Å². The fourth-order valence-corrected chi connectivity index (χ4v) is 2.35.